The zero-order valence-corrected chi connectivity index (χ0v) is 11.9. The Bertz CT molecular complexity index is 823. The lowest BCUT2D eigenvalue weighted by atomic mass is 9.97. The number of fused-ring (bicyclic) bond motifs is 2. The summed E-state index contributed by atoms with van der Waals surface area (Å²) in [6.45, 7) is 0. The van der Waals surface area contributed by atoms with Crippen molar-refractivity contribution in [2.24, 2.45) is 16.6 Å². The van der Waals surface area contributed by atoms with Crippen molar-refractivity contribution in [3.05, 3.63) is 59.1 Å². The highest BCUT2D eigenvalue weighted by atomic mass is 35.5. The Morgan fingerprint density at radius 2 is 1.38 bits per heavy atom. The molecule has 0 heterocycles. The van der Waals surface area contributed by atoms with Gasteiger partial charge in [-0.15, -0.1) is 5.10 Å². The first-order valence-electron chi connectivity index (χ1n) is 6.45. The van der Waals surface area contributed by atoms with E-state index in [1.807, 2.05) is 48.5 Å². The summed E-state index contributed by atoms with van der Waals surface area (Å²) in [5.74, 6) is -0.0196. The van der Waals surface area contributed by atoms with E-state index in [-0.39, 0.29) is 5.96 Å². The summed E-state index contributed by atoms with van der Waals surface area (Å²) in [5.41, 5.74) is 11.7. The number of benzene rings is 3. The lowest BCUT2D eigenvalue weighted by Crippen LogP contribution is -2.63. The SMILES string of the molecule is NC(N)=N/[NH+]=C\c1c2ccccc2c(Cl)c2ccccc12. The first-order chi connectivity index (χ1) is 10.2. The normalized spacial score (nSPS) is 11.3. The van der Waals surface area contributed by atoms with Gasteiger partial charge in [0.15, 0.2) is 0 Å². The van der Waals surface area contributed by atoms with Gasteiger partial charge < -0.3 is 11.5 Å². The average Bonchev–Trinajstić information content (AvgIpc) is 2.50. The van der Waals surface area contributed by atoms with Gasteiger partial charge in [-0.05, 0) is 10.8 Å². The number of nitrogens with one attached hydrogen (secondary N) is 1. The smallest absolute Gasteiger partial charge is 0.256 e. The minimum absolute atomic E-state index is 0.0196. The van der Waals surface area contributed by atoms with Crippen LogP contribution in [0.15, 0.2) is 53.6 Å². The van der Waals surface area contributed by atoms with Crippen molar-refractivity contribution < 1.29 is 5.10 Å². The number of nitrogens with two attached hydrogens (primary N) is 2. The Labute approximate surface area is 126 Å². The van der Waals surface area contributed by atoms with Gasteiger partial charge in [-0.1, -0.05) is 60.1 Å². The molecule has 0 aliphatic rings. The first-order valence-corrected chi connectivity index (χ1v) is 6.82. The summed E-state index contributed by atoms with van der Waals surface area (Å²) in [7, 11) is 0. The predicted octanol–water partition coefficient (Wildman–Crippen LogP) is 1.33. The Balaban J connectivity index is 2.40. The molecule has 3 rings (SSSR count). The van der Waals surface area contributed by atoms with Gasteiger partial charge >= 0.3 is 0 Å². The maximum atomic E-state index is 6.53. The summed E-state index contributed by atoms with van der Waals surface area (Å²) in [6.07, 6.45) is 1.78. The fourth-order valence-electron chi connectivity index (χ4n) is 2.44. The van der Waals surface area contributed by atoms with Gasteiger partial charge in [0.2, 0.25) is 6.21 Å². The molecule has 0 aliphatic carbocycles. The van der Waals surface area contributed by atoms with Gasteiger partial charge in [0.1, 0.15) is 0 Å². The van der Waals surface area contributed by atoms with Gasteiger partial charge in [0, 0.05) is 15.9 Å². The van der Waals surface area contributed by atoms with Crippen LogP contribution >= 0.6 is 11.6 Å². The van der Waals surface area contributed by atoms with E-state index >= 15 is 0 Å². The highest BCUT2D eigenvalue weighted by molar-refractivity contribution is 6.41. The van der Waals surface area contributed by atoms with Gasteiger partial charge in [-0.3, -0.25) is 0 Å². The van der Waals surface area contributed by atoms with Crippen LogP contribution in [0.3, 0.4) is 0 Å². The summed E-state index contributed by atoms with van der Waals surface area (Å²) >= 11 is 6.53. The van der Waals surface area contributed by atoms with E-state index in [1.165, 1.54) is 0 Å². The van der Waals surface area contributed by atoms with E-state index in [0.717, 1.165) is 32.1 Å². The van der Waals surface area contributed by atoms with Crippen LogP contribution in [0.4, 0.5) is 0 Å². The molecule has 0 atom stereocenters. The summed E-state index contributed by atoms with van der Waals surface area (Å²) in [5, 5.41) is 11.4. The van der Waals surface area contributed by atoms with Crippen molar-refractivity contribution in [1.29, 1.82) is 0 Å². The largest absolute Gasteiger partial charge is 0.365 e. The topological polar surface area (TPSA) is 78.4 Å². The molecule has 104 valence electrons. The van der Waals surface area contributed by atoms with E-state index in [9.17, 15) is 0 Å². The van der Waals surface area contributed by atoms with Crippen molar-refractivity contribution in [2.45, 2.75) is 0 Å². The number of hydrazone groups is 1. The minimum atomic E-state index is -0.0196. The van der Waals surface area contributed by atoms with Crippen LogP contribution < -0.4 is 16.6 Å². The highest BCUT2D eigenvalue weighted by Gasteiger charge is 2.12. The summed E-state index contributed by atoms with van der Waals surface area (Å²) in [4.78, 5) is 0. The summed E-state index contributed by atoms with van der Waals surface area (Å²) < 4.78 is 0. The Hall–Kier alpha value is -2.59. The van der Waals surface area contributed by atoms with Crippen molar-refractivity contribution in [3.8, 4) is 0 Å². The molecule has 0 saturated heterocycles. The molecule has 0 radical (unpaired) electrons. The fourth-order valence-corrected chi connectivity index (χ4v) is 2.77. The molecule has 3 aromatic rings. The van der Waals surface area contributed by atoms with Crippen LogP contribution in [0.5, 0.6) is 0 Å². The number of guanidine groups is 1. The van der Waals surface area contributed by atoms with Crippen LogP contribution in [-0.4, -0.2) is 12.2 Å². The Morgan fingerprint density at radius 1 is 0.905 bits per heavy atom. The second-order valence-electron chi connectivity index (χ2n) is 4.63. The lowest BCUT2D eigenvalue weighted by Gasteiger charge is -2.08. The van der Waals surface area contributed by atoms with Crippen LogP contribution in [-0.2, 0) is 0 Å². The predicted molar refractivity (Wildman–Crippen MR) is 88.4 cm³/mol. The van der Waals surface area contributed by atoms with Gasteiger partial charge in [0.05, 0.1) is 10.6 Å². The molecule has 3 aromatic carbocycles. The van der Waals surface area contributed by atoms with E-state index in [4.69, 9.17) is 23.1 Å². The molecule has 5 N–H and O–H groups in total. The average molecular weight is 298 g/mol. The molecule has 21 heavy (non-hydrogen) atoms. The van der Waals surface area contributed by atoms with Gasteiger partial charge in [-0.25, -0.2) is 0 Å². The van der Waals surface area contributed by atoms with Gasteiger partial charge in [-0.2, -0.15) is 0 Å². The van der Waals surface area contributed by atoms with Crippen molar-refractivity contribution in [1.82, 2.24) is 0 Å². The molecule has 5 heteroatoms. The maximum absolute atomic E-state index is 6.53. The van der Waals surface area contributed by atoms with E-state index < -0.39 is 0 Å². The molecule has 0 unspecified atom stereocenters. The maximum Gasteiger partial charge on any atom is 0.256 e. The minimum Gasteiger partial charge on any atom is -0.365 e. The zero-order chi connectivity index (χ0) is 14.8. The molecule has 0 bridgehead atoms. The summed E-state index contributed by atoms with van der Waals surface area (Å²) in [6, 6.07) is 15.9. The molecular weight excluding hydrogens is 284 g/mol. The first kappa shape index (κ1) is 13.4. The Morgan fingerprint density at radius 3 is 1.86 bits per heavy atom. The van der Waals surface area contributed by atoms with Crippen LogP contribution in [0, 0.1) is 0 Å². The molecule has 0 saturated carbocycles. The van der Waals surface area contributed by atoms with E-state index in [2.05, 4.69) is 10.2 Å². The van der Waals surface area contributed by atoms with Crippen LogP contribution in [0.25, 0.3) is 21.5 Å². The highest BCUT2D eigenvalue weighted by Crippen LogP contribution is 2.34. The second-order valence-corrected chi connectivity index (χ2v) is 5.01. The molecule has 0 aromatic heterocycles. The van der Waals surface area contributed by atoms with Crippen LogP contribution in [0.1, 0.15) is 5.56 Å². The van der Waals surface area contributed by atoms with Crippen molar-refractivity contribution in [3.63, 3.8) is 0 Å². The molecule has 0 amide bonds. The van der Waals surface area contributed by atoms with E-state index in [1.54, 1.807) is 6.21 Å². The third-order valence-electron chi connectivity index (χ3n) is 3.31. The zero-order valence-electron chi connectivity index (χ0n) is 11.2. The van der Waals surface area contributed by atoms with Gasteiger partial charge in [0.25, 0.3) is 5.96 Å². The van der Waals surface area contributed by atoms with Crippen molar-refractivity contribution >= 4 is 45.3 Å². The number of halogens is 1. The van der Waals surface area contributed by atoms with Crippen LogP contribution in [0.2, 0.25) is 5.02 Å². The molecule has 4 nitrogen and oxygen atoms in total. The Kier molecular flexibility index (Phi) is 3.46. The number of rotatable bonds is 2. The standard InChI is InChI=1S/C16H13ClN4/c17-15-12-7-3-1-5-10(12)14(9-20-21-16(18)19)11-6-2-4-8-13(11)15/h1-9H,(H4,18,19,21)/p+1/b20-9-. The monoisotopic (exact) mass is 297 g/mol. The van der Waals surface area contributed by atoms with Crippen molar-refractivity contribution in [2.75, 3.05) is 0 Å². The molecule has 0 spiro atoms. The van der Waals surface area contributed by atoms with E-state index in [0.29, 0.717) is 0 Å². The second kappa shape index (κ2) is 5.42. The molecule has 0 aliphatic heterocycles. The lowest BCUT2D eigenvalue weighted by molar-refractivity contribution is -0.456. The third kappa shape index (κ3) is 2.41. The molecule has 0 fully saturated rings. The quantitative estimate of drug-likeness (QED) is 0.289. The number of hydrogen-bond acceptors (Lipinski definition) is 1. The number of nitrogens with zero attached hydrogens (tertiary/aromatic N) is 1. The third-order valence-corrected chi connectivity index (χ3v) is 3.72. The fraction of sp³-hybridized carbons (Fsp3) is 0. The molecular formula is C16H14ClN4+. The number of hydrogen-bond donors (Lipinski definition) is 3.